The third kappa shape index (κ3) is 3.02. The zero-order chi connectivity index (χ0) is 18.1. The van der Waals surface area contributed by atoms with Gasteiger partial charge in [-0.05, 0) is 23.3 Å². The van der Waals surface area contributed by atoms with Crippen molar-refractivity contribution >= 4 is 29.7 Å². The molecule has 2 aromatic rings. The summed E-state index contributed by atoms with van der Waals surface area (Å²) in [4.78, 5) is 27.1. The molecule has 0 radical (unpaired) electrons. The van der Waals surface area contributed by atoms with Crippen molar-refractivity contribution in [2.45, 2.75) is 18.6 Å². The predicted molar refractivity (Wildman–Crippen MR) is 101 cm³/mol. The van der Waals surface area contributed by atoms with Gasteiger partial charge in [0.25, 0.3) is 5.91 Å². The second-order valence-electron chi connectivity index (χ2n) is 6.61. The fraction of sp³-hybridized carbons (Fsp3) is 0.238. The van der Waals surface area contributed by atoms with Crippen molar-refractivity contribution in [3.05, 3.63) is 65.2 Å². The fourth-order valence-electron chi connectivity index (χ4n) is 3.52. The van der Waals surface area contributed by atoms with Gasteiger partial charge in [-0.3, -0.25) is 9.59 Å². The van der Waals surface area contributed by atoms with Crippen molar-refractivity contribution in [3.63, 3.8) is 0 Å². The third-order valence-corrected chi connectivity index (χ3v) is 4.96. The Morgan fingerprint density at radius 2 is 1.85 bits per heavy atom. The Kier molecular flexibility index (Phi) is 4.31. The second-order valence-corrected chi connectivity index (χ2v) is 6.61. The molecule has 5 nitrogen and oxygen atoms in total. The largest absolute Gasteiger partial charge is 0.380 e. The number of hydrogen-bond acceptors (Lipinski definition) is 3. The van der Waals surface area contributed by atoms with Crippen LogP contribution in [0.2, 0.25) is 0 Å². The van der Waals surface area contributed by atoms with E-state index in [0.29, 0.717) is 24.2 Å². The summed E-state index contributed by atoms with van der Waals surface area (Å²) in [6.45, 7) is 0.441. The molecule has 0 bridgehead atoms. The molecule has 0 aromatic heterocycles. The van der Waals surface area contributed by atoms with E-state index in [1.54, 1.807) is 18.1 Å². The van der Waals surface area contributed by atoms with Gasteiger partial charge in [0.1, 0.15) is 6.04 Å². The zero-order valence-electron chi connectivity index (χ0n) is 14.5. The summed E-state index contributed by atoms with van der Waals surface area (Å²) in [5.41, 5.74) is 3.09. The van der Waals surface area contributed by atoms with Gasteiger partial charge in [-0.25, -0.2) is 0 Å². The number of amides is 2. The van der Waals surface area contributed by atoms with E-state index in [9.17, 15) is 9.59 Å². The van der Waals surface area contributed by atoms with Gasteiger partial charge in [0.15, 0.2) is 0 Å². The summed E-state index contributed by atoms with van der Waals surface area (Å²) in [7, 11) is 1.61. The molecular formula is C21H20N2O3. The van der Waals surface area contributed by atoms with Crippen LogP contribution in [0.15, 0.2) is 48.5 Å². The average molecular weight is 348 g/mol. The van der Waals surface area contributed by atoms with Crippen LogP contribution >= 0.6 is 0 Å². The lowest BCUT2D eigenvalue weighted by atomic mass is 10.1. The van der Waals surface area contributed by atoms with Crippen LogP contribution in [-0.2, 0) is 9.53 Å². The summed E-state index contributed by atoms with van der Waals surface area (Å²) in [5, 5.41) is 2.89. The first-order valence-corrected chi connectivity index (χ1v) is 8.67. The average Bonchev–Trinajstić information content (AvgIpc) is 3.08. The van der Waals surface area contributed by atoms with Gasteiger partial charge in [-0.15, -0.1) is 0 Å². The minimum atomic E-state index is -0.469. The summed E-state index contributed by atoms with van der Waals surface area (Å²) >= 11 is 0. The number of ether oxygens (including phenoxy) is 1. The SMILES string of the molecule is CO[C@H]1C[C@@H]2C(=O)Nc3ccc(C=Cc4ccccc4)cc3C(=O)N2C1. The quantitative estimate of drug-likeness (QED) is 0.868. The number of nitrogens with zero attached hydrogens (tertiary/aromatic N) is 1. The second kappa shape index (κ2) is 6.77. The Labute approximate surface area is 152 Å². The van der Waals surface area contributed by atoms with Crippen molar-refractivity contribution in [1.29, 1.82) is 0 Å². The smallest absolute Gasteiger partial charge is 0.256 e. The molecule has 1 N–H and O–H groups in total. The van der Waals surface area contributed by atoms with E-state index in [-0.39, 0.29) is 17.9 Å². The van der Waals surface area contributed by atoms with E-state index >= 15 is 0 Å². The van der Waals surface area contributed by atoms with Crippen LogP contribution < -0.4 is 5.32 Å². The Hall–Kier alpha value is -2.92. The van der Waals surface area contributed by atoms with Crippen molar-refractivity contribution in [1.82, 2.24) is 4.90 Å². The highest BCUT2D eigenvalue weighted by atomic mass is 16.5. The molecule has 0 saturated carbocycles. The lowest BCUT2D eigenvalue weighted by Crippen LogP contribution is -2.40. The molecule has 1 fully saturated rings. The van der Waals surface area contributed by atoms with Gasteiger partial charge < -0.3 is 15.0 Å². The number of methoxy groups -OCH3 is 1. The molecule has 0 spiro atoms. The normalized spacial score (nSPS) is 22.1. The number of benzene rings is 2. The summed E-state index contributed by atoms with van der Waals surface area (Å²) < 4.78 is 5.35. The van der Waals surface area contributed by atoms with E-state index < -0.39 is 6.04 Å². The minimum absolute atomic E-state index is 0.0996. The number of anilines is 1. The maximum Gasteiger partial charge on any atom is 0.256 e. The maximum absolute atomic E-state index is 13.0. The Morgan fingerprint density at radius 1 is 1.08 bits per heavy atom. The van der Waals surface area contributed by atoms with Crippen LogP contribution in [0.25, 0.3) is 12.2 Å². The van der Waals surface area contributed by atoms with E-state index in [4.69, 9.17) is 4.74 Å². The molecule has 132 valence electrons. The highest BCUT2D eigenvalue weighted by Crippen LogP contribution is 2.30. The summed E-state index contributed by atoms with van der Waals surface area (Å²) in [6, 6.07) is 15.0. The van der Waals surface area contributed by atoms with Gasteiger partial charge in [0.05, 0.1) is 17.4 Å². The molecule has 2 aliphatic heterocycles. The summed E-state index contributed by atoms with van der Waals surface area (Å²) in [5.74, 6) is -0.276. The van der Waals surface area contributed by atoms with E-state index in [2.05, 4.69) is 5.32 Å². The minimum Gasteiger partial charge on any atom is -0.380 e. The first-order valence-electron chi connectivity index (χ1n) is 8.67. The molecule has 26 heavy (non-hydrogen) atoms. The molecule has 2 atom stereocenters. The lowest BCUT2D eigenvalue weighted by molar-refractivity contribution is -0.119. The first kappa shape index (κ1) is 16.5. The van der Waals surface area contributed by atoms with Crippen LogP contribution in [0.5, 0.6) is 0 Å². The first-order chi connectivity index (χ1) is 12.7. The van der Waals surface area contributed by atoms with Crippen LogP contribution in [0.1, 0.15) is 27.9 Å². The van der Waals surface area contributed by atoms with Crippen molar-refractivity contribution in [2.24, 2.45) is 0 Å². The van der Waals surface area contributed by atoms with Crippen molar-refractivity contribution < 1.29 is 14.3 Å². The number of carbonyl (C=O) groups excluding carboxylic acids is 2. The van der Waals surface area contributed by atoms with Gasteiger partial charge in [0, 0.05) is 20.1 Å². The van der Waals surface area contributed by atoms with Crippen molar-refractivity contribution in [2.75, 3.05) is 19.0 Å². The monoisotopic (exact) mass is 348 g/mol. The van der Waals surface area contributed by atoms with Gasteiger partial charge >= 0.3 is 0 Å². The molecule has 2 aromatic carbocycles. The topological polar surface area (TPSA) is 58.6 Å². The van der Waals surface area contributed by atoms with Crippen LogP contribution in [0.3, 0.4) is 0 Å². The number of carbonyl (C=O) groups is 2. The standard InChI is InChI=1S/C21H20N2O3/c1-26-16-12-19-20(24)22-18-10-9-15(8-7-14-5-3-2-4-6-14)11-17(18)21(25)23(19)13-16/h2-11,16,19H,12-13H2,1H3,(H,22,24)/t16-,19+/m0/s1. The van der Waals surface area contributed by atoms with E-state index in [1.807, 2.05) is 54.6 Å². The zero-order valence-corrected chi connectivity index (χ0v) is 14.5. The molecule has 2 heterocycles. The van der Waals surface area contributed by atoms with Gasteiger partial charge in [-0.1, -0.05) is 48.6 Å². The molecule has 1 saturated heterocycles. The predicted octanol–water partition coefficient (Wildman–Crippen LogP) is 3.04. The maximum atomic E-state index is 13.0. The van der Waals surface area contributed by atoms with Gasteiger partial charge in [0.2, 0.25) is 5.91 Å². The number of nitrogens with one attached hydrogen (secondary N) is 1. The molecule has 0 unspecified atom stereocenters. The Balaban J connectivity index is 1.65. The van der Waals surface area contributed by atoms with E-state index in [1.165, 1.54) is 0 Å². The molecule has 0 aliphatic carbocycles. The van der Waals surface area contributed by atoms with E-state index in [0.717, 1.165) is 11.1 Å². The Bertz CT molecular complexity index is 876. The lowest BCUT2D eigenvalue weighted by Gasteiger charge is -2.19. The fourth-order valence-corrected chi connectivity index (χ4v) is 3.52. The number of hydrogen-bond donors (Lipinski definition) is 1. The van der Waals surface area contributed by atoms with Crippen molar-refractivity contribution in [3.8, 4) is 0 Å². The third-order valence-electron chi connectivity index (χ3n) is 4.96. The number of fused-ring (bicyclic) bond motifs is 2. The van der Waals surface area contributed by atoms with Crippen LogP contribution in [0, 0.1) is 0 Å². The van der Waals surface area contributed by atoms with Crippen LogP contribution in [0.4, 0.5) is 5.69 Å². The molecule has 4 rings (SSSR count). The number of rotatable bonds is 3. The summed E-state index contributed by atoms with van der Waals surface area (Å²) in [6.07, 6.45) is 4.40. The molecule has 2 aliphatic rings. The van der Waals surface area contributed by atoms with Crippen LogP contribution in [-0.4, -0.2) is 42.5 Å². The Morgan fingerprint density at radius 3 is 2.62 bits per heavy atom. The molecule has 2 amide bonds. The highest BCUT2D eigenvalue weighted by Gasteiger charge is 2.42. The molecule has 5 heteroatoms. The highest BCUT2D eigenvalue weighted by molar-refractivity contribution is 6.10. The molecular weight excluding hydrogens is 328 g/mol. The van der Waals surface area contributed by atoms with Gasteiger partial charge in [-0.2, -0.15) is 0 Å².